The smallest absolute Gasteiger partial charge is 0.251 e. The highest BCUT2D eigenvalue weighted by molar-refractivity contribution is 6.01. The molecule has 9 nitrogen and oxygen atoms in total. The molecule has 182 valence electrons. The zero-order valence-corrected chi connectivity index (χ0v) is 19.9. The van der Waals surface area contributed by atoms with E-state index in [0.29, 0.717) is 28.5 Å². The van der Waals surface area contributed by atoms with E-state index in [9.17, 15) is 9.59 Å². The minimum atomic E-state index is -1.06. The number of hydrogen-bond acceptors (Lipinski definition) is 6. The lowest BCUT2D eigenvalue weighted by Crippen LogP contribution is -2.45. The average Bonchev–Trinajstić information content (AvgIpc) is 3.64. The van der Waals surface area contributed by atoms with Crippen molar-refractivity contribution in [1.29, 1.82) is 0 Å². The highest BCUT2D eigenvalue weighted by Gasteiger charge is 2.35. The maximum atomic E-state index is 13.9. The Morgan fingerprint density at radius 1 is 1.00 bits per heavy atom. The maximum absolute atomic E-state index is 13.9. The van der Waals surface area contributed by atoms with Crippen LogP contribution in [-0.4, -0.2) is 26.8 Å². The van der Waals surface area contributed by atoms with Gasteiger partial charge in [-0.2, -0.15) is 0 Å². The molecule has 2 aromatic carbocycles. The second-order valence-electron chi connectivity index (χ2n) is 8.48. The van der Waals surface area contributed by atoms with E-state index in [4.69, 9.17) is 8.83 Å². The van der Waals surface area contributed by atoms with Crippen LogP contribution >= 0.6 is 0 Å². The zero-order chi connectivity index (χ0) is 25.1. The lowest BCUT2D eigenvalue weighted by atomic mass is 10.1. The van der Waals surface area contributed by atoms with Gasteiger partial charge in [-0.1, -0.05) is 35.0 Å². The fourth-order valence-electron chi connectivity index (χ4n) is 4.04. The number of carbonyl (C=O) groups excluding carboxylic acids is 2. The van der Waals surface area contributed by atoms with Gasteiger partial charge < -0.3 is 14.2 Å². The predicted molar refractivity (Wildman–Crippen MR) is 133 cm³/mol. The molecule has 0 aliphatic rings. The standard InChI is InChI=1S/C27H25N5O4/c1-18-9-12-20(13-10-18)32(25(33)17-31-23-8-4-3-7-22(23)29-30-31)26(24-14-11-19(2)36-24)27(34)28-16-21-6-5-15-35-21/h3-15,26H,16-17H2,1-2H3,(H,28,34)/t26-/m1/s1. The lowest BCUT2D eigenvalue weighted by molar-refractivity contribution is -0.127. The first-order chi connectivity index (χ1) is 17.5. The van der Waals surface area contributed by atoms with Crippen LogP contribution in [0.3, 0.4) is 0 Å². The van der Waals surface area contributed by atoms with Crippen LogP contribution in [0, 0.1) is 13.8 Å². The Balaban J connectivity index is 1.53. The number of aromatic nitrogens is 3. The van der Waals surface area contributed by atoms with E-state index in [0.717, 1.165) is 11.1 Å². The molecular weight excluding hydrogens is 458 g/mol. The molecule has 0 unspecified atom stereocenters. The summed E-state index contributed by atoms with van der Waals surface area (Å²) in [6.07, 6.45) is 1.54. The van der Waals surface area contributed by atoms with Gasteiger partial charge in [-0.25, -0.2) is 4.68 Å². The van der Waals surface area contributed by atoms with Gasteiger partial charge in [0.05, 0.1) is 18.3 Å². The van der Waals surface area contributed by atoms with Crippen molar-refractivity contribution in [3.8, 4) is 0 Å². The van der Waals surface area contributed by atoms with Gasteiger partial charge in [0, 0.05) is 5.69 Å². The van der Waals surface area contributed by atoms with E-state index < -0.39 is 11.9 Å². The number of anilines is 1. The Kier molecular flexibility index (Phi) is 6.36. The normalized spacial score (nSPS) is 11.9. The van der Waals surface area contributed by atoms with Gasteiger partial charge in [0.15, 0.2) is 6.04 Å². The molecule has 36 heavy (non-hydrogen) atoms. The van der Waals surface area contributed by atoms with E-state index in [1.807, 2.05) is 55.5 Å². The third kappa shape index (κ3) is 4.76. The minimum absolute atomic E-state index is 0.115. The Bertz CT molecular complexity index is 1480. The van der Waals surface area contributed by atoms with E-state index in [2.05, 4.69) is 15.6 Å². The molecule has 0 radical (unpaired) electrons. The molecule has 5 rings (SSSR count). The van der Waals surface area contributed by atoms with Crippen LogP contribution in [0.4, 0.5) is 5.69 Å². The third-order valence-corrected chi connectivity index (χ3v) is 5.84. The van der Waals surface area contributed by atoms with Crippen LogP contribution in [0.5, 0.6) is 0 Å². The number of amides is 2. The first-order valence-electron chi connectivity index (χ1n) is 11.5. The van der Waals surface area contributed by atoms with E-state index in [-0.39, 0.29) is 19.0 Å². The van der Waals surface area contributed by atoms with E-state index in [1.165, 1.54) is 9.58 Å². The van der Waals surface area contributed by atoms with Crippen molar-refractivity contribution >= 4 is 28.5 Å². The first kappa shape index (κ1) is 23.1. The van der Waals surface area contributed by atoms with Crippen molar-refractivity contribution in [2.24, 2.45) is 0 Å². The number of rotatable bonds is 8. The Morgan fingerprint density at radius 3 is 2.53 bits per heavy atom. The first-order valence-corrected chi connectivity index (χ1v) is 11.5. The molecule has 1 N–H and O–H groups in total. The highest BCUT2D eigenvalue weighted by atomic mass is 16.3. The number of furan rings is 2. The van der Waals surface area contributed by atoms with Crippen LogP contribution in [0.15, 0.2) is 87.9 Å². The number of hydrogen-bond donors (Lipinski definition) is 1. The van der Waals surface area contributed by atoms with Gasteiger partial charge in [-0.3, -0.25) is 14.5 Å². The van der Waals surface area contributed by atoms with Gasteiger partial charge >= 0.3 is 0 Å². The van der Waals surface area contributed by atoms with Gasteiger partial charge in [0.2, 0.25) is 5.91 Å². The maximum Gasteiger partial charge on any atom is 0.251 e. The molecule has 0 saturated carbocycles. The van der Waals surface area contributed by atoms with Gasteiger partial charge in [-0.05, 0) is 62.4 Å². The summed E-state index contributed by atoms with van der Waals surface area (Å²) in [5.41, 5.74) is 2.99. The molecule has 0 aliphatic heterocycles. The number of para-hydroxylation sites is 1. The second-order valence-corrected chi connectivity index (χ2v) is 8.48. The summed E-state index contributed by atoms with van der Waals surface area (Å²) in [5.74, 6) is 0.828. The van der Waals surface area contributed by atoms with Crippen molar-refractivity contribution in [2.45, 2.75) is 33.0 Å². The molecule has 0 bridgehead atoms. The zero-order valence-electron chi connectivity index (χ0n) is 19.9. The lowest BCUT2D eigenvalue weighted by Gasteiger charge is -2.30. The molecule has 3 aromatic heterocycles. The van der Waals surface area contributed by atoms with Gasteiger partial charge in [-0.15, -0.1) is 5.10 Å². The molecular formula is C27H25N5O4. The number of aryl methyl sites for hydroxylation is 2. The number of carbonyl (C=O) groups is 2. The van der Waals surface area contributed by atoms with Crippen LogP contribution < -0.4 is 10.2 Å². The number of nitrogens with one attached hydrogen (secondary N) is 1. The second kappa shape index (κ2) is 9.91. The number of nitrogens with zero attached hydrogens (tertiary/aromatic N) is 4. The number of fused-ring (bicyclic) bond motifs is 1. The monoisotopic (exact) mass is 483 g/mol. The van der Waals surface area contributed by atoms with Crippen molar-refractivity contribution in [3.63, 3.8) is 0 Å². The fourth-order valence-corrected chi connectivity index (χ4v) is 4.04. The summed E-state index contributed by atoms with van der Waals surface area (Å²) in [6, 6.07) is 20.8. The third-order valence-electron chi connectivity index (χ3n) is 5.84. The summed E-state index contributed by atoms with van der Waals surface area (Å²) in [6.45, 7) is 3.81. The van der Waals surface area contributed by atoms with Crippen molar-refractivity contribution in [1.82, 2.24) is 20.3 Å². The Hall–Kier alpha value is -4.66. The Labute approximate surface area is 207 Å². The van der Waals surface area contributed by atoms with Crippen LogP contribution in [0.1, 0.15) is 28.9 Å². The van der Waals surface area contributed by atoms with Crippen LogP contribution in [0.2, 0.25) is 0 Å². The summed E-state index contributed by atoms with van der Waals surface area (Å²) in [4.78, 5) is 29.0. The SMILES string of the molecule is Cc1ccc(N(C(=O)Cn2nnc3ccccc32)[C@@H](C(=O)NCc2ccco2)c2ccc(C)o2)cc1. The summed E-state index contributed by atoms with van der Waals surface area (Å²) in [5, 5.41) is 11.2. The minimum Gasteiger partial charge on any atom is -0.467 e. The van der Waals surface area contributed by atoms with Crippen molar-refractivity contribution in [3.05, 3.63) is 102 Å². The van der Waals surface area contributed by atoms with E-state index in [1.54, 1.807) is 37.5 Å². The molecule has 2 amide bonds. The summed E-state index contributed by atoms with van der Waals surface area (Å²) < 4.78 is 12.8. The molecule has 0 fully saturated rings. The summed E-state index contributed by atoms with van der Waals surface area (Å²) in [7, 11) is 0. The quantitative estimate of drug-likeness (QED) is 0.352. The highest BCUT2D eigenvalue weighted by Crippen LogP contribution is 2.30. The largest absolute Gasteiger partial charge is 0.467 e. The number of benzene rings is 2. The molecule has 1 atom stereocenters. The summed E-state index contributed by atoms with van der Waals surface area (Å²) >= 11 is 0. The molecule has 3 heterocycles. The van der Waals surface area contributed by atoms with E-state index >= 15 is 0 Å². The van der Waals surface area contributed by atoms with Crippen LogP contribution in [-0.2, 0) is 22.7 Å². The average molecular weight is 484 g/mol. The Morgan fingerprint density at radius 2 is 1.81 bits per heavy atom. The molecule has 0 spiro atoms. The van der Waals surface area contributed by atoms with Gasteiger partial charge in [0.1, 0.15) is 29.3 Å². The fraction of sp³-hybridized carbons (Fsp3) is 0.185. The molecule has 0 saturated heterocycles. The topological polar surface area (TPSA) is 106 Å². The van der Waals surface area contributed by atoms with Crippen LogP contribution in [0.25, 0.3) is 11.0 Å². The molecule has 5 aromatic rings. The van der Waals surface area contributed by atoms with Crippen molar-refractivity contribution < 1.29 is 18.4 Å². The van der Waals surface area contributed by atoms with Crippen molar-refractivity contribution in [2.75, 3.05) is 4.90 Å². The predicted octanol–water partition coefficient (Wildman–Crippen LogP) is 4.33. The molecule has 9 heteroatoms. The van der Waals surface area contributed by atoms with Gasteiger partial charge in [0.25, 0.3) is 5.91 Å². The molecule has 0 aliphatic carbocycles.